The van der Waals surface area contributed by atoms with Gasteiger partial charge in [-0.25, -0.2) is 0 Å². The van der Waals surface area contributed by atoms with Gasteiger partial charge in [-0.1, -0.05) is 59.3 Å². The maximum atomic E-state index is 12.9. The van der Waals surface area contributed by atoms with E-state index in [-0.39, 0.29) is 39.5 Å². The van der Waals surface area contributed by atoms with Crippen molar-refractivity contribution in [2.45, 2.75) is 92.6 Å². The van der Waals surface area contributed by atoms with Crippen molar-refractivity contribution in [2.75, 3.05) is 6.61 Å². The van der Waals surface area contributed by atoms with E-state index < -0.39 is 11.5 Å². The Morgan fingerprint density at radius 2 is 1.62 bits per heavy atom. The van der Waals surface area contributed by atoms with E-state index in [0.29, 0.717) is 5.92 Å². The number of aliphatic hydroxyl groups is 2. The Morgan fingerprint density at radius 3 is 2.26 bits per heavy atom. The molecule has 5 rings (SSSR count). The molecule has 34 heavy (non-hydrogen) atoms. The maximum absolute atomic E-state index is 12.9. The zero-order chi connectivity index (χ0) is 24.9. The highest BCUT2D eigenvalue weighted by Crippen LogP contribution is 2.75. The molecule has 0 aromatic carbocycles. The van der Waals surface area contributed by atoms with Crippen molar-refractivity contribution in [1.82, 2.24) is 0 Å². The van der Waals surface area contributed by atoms with Gasteiger partial charge in [0.25, 0.3) is 0 Å². The minimum Gasteiger partial charge on any atom is -0.395 e. The molecule has 0 aromatic rings. The number of rotatable bonds is 2. The molecule has 2 N–H and O–H groups in total. The van der Waals surface area contributed by atoms with E-state index in [1.807, 2.05) is 0 Å². The third kappa shape index (κ3) is 2.73. The fourth-order valence-corrected chi connectivity index (χ4v) is 9.10. The topological polar surface area (TPSA) is 74.6 Å². The van der Waals surface area contributed by atoms with Gasteiger partial charge in [0.2, 0.25) is 0 Å². The molecule has 0 saturated heterocycles. The summed E-state index contributed by atoms with van der Waals surface area (Å²) in [6.45, 7) is 13.3. The largest absolute Gasteiger partial charge is 0.395 e. The highest BCUT2D eigenvalue weighted by molar-refractivity contribution is 5.98. The highest BCUT2D eigenvalue weighted by atomic mass is 16.3. The van der Waals surface area contributed by atoms with Crippen LogP contribution in [0, 0.1) is 38.4 Å². The zero-order valence-electron chi connectivity index (χ0n) is 21.8. The first-order valence-electron chi connectivity index (χ1n) is 13.2. The number of allylic oxidation sites excluding steroid dienone is 4. The van der Waals surface area contributed by atoms with E-state index in [1.165, 1.54) is 11.9 Å². The molecule has 0 aliphatic heterocycles. The van der Waals surface area contributed by atoms with Crippen molar-refractivity contribution in [3.8, 4) is 0 Å². The average molecular weight is 467 g/mol. The minimum absolute atomic E-state index is 0.0388. The summed E-state index contributed by atoms with van der Waals surface area (Å²) >= 11 is 0. The third-order valence-corrected chi connectivity index (χ3v) is 12.0. The quantitative estimate of drug-likeness (QED) is 0.539. The van der Waals surface area contributed by atoms with E-state index in [9.17, 15) is 19.8 Å². The molecule has 3 saturated carbocycles. The lowest BCUT2D eigenvalue weighted by molar-refractivity contribution is -0.163. The number of fused-ring (bicyclic) bond motifs is 7. The summed E-state index contributed by atoms with van der Waals surface area (Å²) in [6, 6.07) is 0. The summed E-state index contributed by atoms with van der Waals surface area (Å²) in [5.41, 5.74) is 2.09. The van der Waals surface area contributed by atoms with Gasteiger partial charge < -0.3 is 15.0 Å². The predicted octanol–water partition coefficient (Wildman–Crippen LogP) is 5.34. The highest BCUT2D eigenvalue weighted by Gasteiger charge is 2.67. The van der Waals surface area contributed by atoms with Crippen molar-refractivity contribution in [3.05, 3.63) is 34.9 Å². The first kappa shape index (κ1) is 24.2. The van der Waals surface area contributed by atoms with Crippen LogP contribution in [0.3, 0.4) is 0 Å². The molecule has 0 amide bonds. The number of carbonyl (C=O) groups excluding carboxylic acids is 2. The first-order chi connectivity index (χ1) is 15.7. The summed E-state index contributed by atoms with van der Waals surface area (Å²) < 4.78 is 0. The number of ketones is 1. The van der Waals surface area contributed by atoms with E-state index in [4.69, 9.17) is 0 Å². The molecule has 3 fully saturated rings. The fraction of sp³-hybridized carbons (Fsp3) is 0.733. The van der Waals surface area contributed by atoms with Gasteiger partial charge in [0.1, 0.15) is 12.4 Å². The molecule has 0 bridgehead atoms. The van der Waals surface area contributed by atoms with Gasteiger partial charge >= 0.3 is 0 Å². The second-order valence-corrected chi connectivity index (χ2v) is 13.9. The van der Waals surface area contributed by atoms with E-state index >= 15 is 0 Å². The Hall–Kier alpha value is -1.52. The zero-order valence-corrected chi connectivity index (χ0v) is 21.8. The van der Waals surface area contributed by atoms with Crippen LogP contribution in [0.2, 0.25) is 0 Å². The molecular formula is C30H42O4. The van der Waals surface area contributed by atoms with Gasteiger partial charge in [-0.05, 0) is 84.3 Å². The number of hydrogen-bond acceptors (Lipinski definition) is 4. The van der Waals surface area contributed by atoms with Crippen molar-refractivity contribution < 1.29 is 19.8 Å². The van der Waals surface area contributed by atoms with Gasteiger partial charge in [0.05, 0.1) is 6.61 Å². The van der Waals surface area contributed by atoms with Gasteiger partial charge in [0, 0.05) is 16.2 Å². The Kier molecular flexibility index (Phi) is 5.00. The Labute approximate surface area is 204 Å². The minimum atomic E-state index is -1.21. The number of hydrogen-bond donors (Lipinski definition) is 2. The van der Waals surface area contributed by atoms with Crippen molar-refractivity contribution in [1.29, 1.82) is 0 Å². The van der Waals surface area contributed by atoms with Crippen molar-refractivity contribution in [2.24, 2.45) is 38.4 Å². The number of carbonyl (C=O) groups is 2. The number of aldehydes is 1. The van der Waals surface area contributed by atoms with Crippen molar-refractivity contribution >= 4 is 12.1 Å². The Morgan fingerprint density at radius 1 is 0.941 bits per heavy atom. The SMILES string of the molecule is C[C@@]1(C=O)CC[C@]2(C)CC[C@]3(C)C4=CC=C5C(=CC(=O)[C@H](O)[C@@]5(C)CO)[C@]4(C)CC[C@@]3(C)[C@@H]2C1. The van der Waals surface area contributed by atoms with E-state index in [1.54, 1.807) is 13.0 Å². The second-order valence-electron chi connectivity index (χ2n) is 13.9. The third-order valence-electron chi connectivity index (χ3n) is 12.0. The summed E-state index contributed by atoms with van der Waals surface area (Å²) in [4.78, 5) is 25.0. The van der Waals surface area contributed by atoms with Crippen LogP contribution in [0.25, 0.3) is 0 Å². The van der Waals surface area contributed by atoms with Crippen LogP contribution in [-0.2, 0) is 9.59 Å². The summed E-state index contributed by atoms with van der Waals surface area (Å²) in [7, 11) is 0. The lowest BCUT2D eigenvalue weighted by Crippen LogP contribution is -2.62. The van der Waals surface area contributed by atoms with Crippen LogP contribution < -0.4 is 0 Å². The standard InChI is InChI=1S/C30H42O4/c1-25(17-31)9-10-26(2)11-13-29(5)22-8-7-19-20(15-21(33)24(34)28(19,4)18-32)27(22,3)12-14-30(29,6)23(26)16-25/h7-8,15,17,23-24,32,34H,9-14,16,18H2,1-6H3/t23-,24+,25-,26-,27+,28+,29-,30+/m1/s1. The predicted molar refractivity (Wildman–Crippen MR) is 133 cm³/mol. The van der Waals surface area contributed by atoms with Crippen molar-refractivity contribution in [3.63, 3.8) is 0 Å². The van der Waals surface area contributed by atoms with Gasteiger partial charge in [0.15, 0.2) is 5.78 Å². The molecule has 8 atom stereocenters. The van der Waals surface area contributed by atoms with Gasteiger partial charge in [-0.2, -0.15) is 0 Å². The normalized spacial score (nSPS) is 52.2. The van der Waals surface area contributed by atoms with Crippen LogP contribution in [0.5, 0.6) is 0 Å². The molecule has 0 spiro atoms. The first-order valence-corrected chi connectivity index (χ1v) is 13.2. The average Bonchev–Trinajstić information content (AvgIpc) is 2.81. The fourth-order valence-electron chi connectivity index (χ4n) is 9.10. The summed E-state index contributed by atoms with van der Waals surface area (Å²) in [5.74, 6) is 0.180. The molecule has 5 aliphatic carbocycles. The van der Waals surface area contributed by atoms with Gasteiger partial charge in [-0.3, -0.25) is 4.79 Å². The Balaban J connectivity index is 1.66. The molecule has 0 radical (unpaired) electrons. The lowest BCUT2D eigenvalue weighted by atomic mass is 9.34. The lowest BCUT2D eigenvalue weighted by Gasteiger charge is -2.70. The molecule has 4 nitrogen and oxygen atoms in total. The molecular weight excluding hydrogens is 424 g/mol. The molecule has 186 valence electrons. The maximum Gasteiger partial charge on any atom is 0.185 e. The summed E-state index contributed by atoms with van der Waals surface area (Å²) in [5, 5.41) is 20.9. The summed E-state index contributed by atoms with van der Waals surface area (Å²) in [6.07, 6.45) is 13.3. The molecule has 5 aliphatic rings. The number of aliphatic hydroxyl groups excluding tert-OH is 2. The van der Waals surface area contributed by atoms with E-state index in [2.05, 4.69) is 46.8 Å². The van der Waals surface area contributed by atoms with Crippen LogP contribution in [-0.4, -0.2) is 35.0 Å². The smallest absolute Gasteiger partial charge is 0.185 e. The monoisotopic (exact) mass is 466 g/mol. The Bertz CT molecular complexity index is 1050. The molecule has 4 heteroatoms. The van der Waals surface area contributed by atoms with Crippen LogP contribution >= 0.6 is 0 Å². The second kappa shape index (κ2) is 7.03. The van der Waals surface area contributed by atoms with Crippen LogP contribution in [0.15, 0.2) is 34.9 Å². The van der Waals surface area contributed by atoms with E-state index in [0.717, 1.165) is 56.1 Å². The molecule has 0 unspecified atom stereocenters. The van der Waals surface area contributed by atoms with Crippen LogP contribution in [0.4, 0.5) is 0 Å². The van der Waals surface area contributed by atoms with Crippen LogP contribution in [0.1, 0.15) is 86.5 Å². The molecule has 0 aromatic heterocycles. The van der Waals surface area contributed by atoms with Gasteiger partial charge in [-0.15, -0.1) is 0 Å². The molecule has 0 heterocycles.